The van der Waals surface area contributed by atoms with Crippen molar-refractivity contribution in [3.63, 3.8) is 0 Å². The molecule has 2 heteroatoms. The van der Waals surface area contributed by atoms with Crippen molar-refractivity contribution >= 4 is 5.91 Å². The van der Waals surface area contributed by atoms with Crippen molar-refractivity contribution in [3.8, 4) is 12.3 Å². The average Bonchev–Trinajstić information content (AvgIpc) is 2.09. The fourth-order valence-corrected chi connectivity index (χ4v) is 0.740. The maximum absolute atomic E-state index is 11.0. The molecule has 0 aromatic rings. The van der Waals surface area contributed by atoms with Gasteiger partial charge in [-0.05, 0) is 12.8 Å². The molecule has 0 spiro atoms. The lowest BCUT2D eigenvalue weighted by Gasteiger charge is -2.01. The summed E-state index contributed by atoms with van der Waals surface area (Å²) in [6, 6.07) is 0. The minimum atomic E-state index is 0.0759. The van der Waals surface area contributed by atoms with E-state index in [2.05, 4.69) is 17.8 Å². The molecule has 0 aromatic carbocycles. The second-order valence-electron chi connectivity index (χ2n) is 2.48. The topological polar surface area (TPSA) is 29.1 Å². The van der Waals surface area contributed by atoms with Crippen LogP contribution in [-0.4, -0.2) is 12.5 Å². The summed E-state index contributed by atoms with van der Waals surface area (Å²) < 4.78 is 0. The van der Waals surface area contributed by atoms with Crippen LogP contribution in [0.2, 0.25) is 0 Å². The van der Waals surface area contributed by atoms with E-state index in [-0.39, 0.29) is 5.91 Å². The molecule has 0 aliphatic rings. The molecule has 0 aliphatic carbocycles. The molecule has 0 aromatic heterocycles. The van der Waals surface area contributed by atoms with Crippen LogP contribution in [-0.2, 0) is 4.79 Å². The first-order chi connectivity index (χ1) is 5.81. The number of amides is 1. The summed E-state index contributed by atoms with van der Waals surface area (Å²) in [7, 11) is 0. The first-order valence-electron chi connectivity index (χ1n) is 4.12. The normalized spacial score (nSPS) is 8.58. The van der Waals surface area contributed by atoms with Gasteiger partial charge >= 0.3 is 0 Å². The molecule has 0 rings (SSSR count). The number of carbonyl (C=O) groups excluding carboxylic acids is 1. The predicted molar refractivity (Wildman–Crippen MR) is 50.5 cm³/mol. The van der Waals surface area contributed by atoms with Crippen molar-refractivity contribution in [3.05, 3.63) is 12.7 Å². The number of hydrogen-bond donors (Lipinski definition) is 1. The number of nitrogens with one attached hydrogen (secondary N) is 1. The highest BCUT2D eigenvalue weighted by Gasteiger charge is 1.96. The third-order valence-corrected chi connectivity index (χ3v) is 1.40. The summed E-state index contributed by atoms with van der Waals surface area (Å²) in [4.78, 5) is 11.0. The predicted octanol–water partition coefficient (Wildman–Crippen LogP) is 1.48. The Morgan fingerprint density at radius 3 is 3.00 bits per heavy atom. The second-order valence-corrected chi connectivity index (χ2v) is 2.48. The van der Waals surface area contributed by atoms with E-state index in [1.54, 1.807) is 6.08 Å². The van der Waals surface area contributed by atoms with Crippen LogP contribution >= 0.6 is 0 Å². The van der Waals surface area contributed by atoms with E-state index in [4.69, 9.17) is 6.42 Å². The lowest BCUT2D eigenvalue weighted by molar-refractivity contribution is -0.121. The second kappa shape index (κ2) is 7.87. The van der Waals surface area contributed by atoms with E-state index in [9.17, 15) is 4.79 Å². The molecular weight excluding hydrogens is 150 g/mol. The molecule has 0 atom stereocenters. The number of carbonyl (C=O) groups is 1. The molecule has 1 amide bonds. The fraction of sp³-hybridized carbons (Fsp3) is 0.500. The quantitative estimate of drug-likeness (QED) is 0.360. The van der Waals surface area contributed by atoms with E-state index in [0.717, 1.165) is 19.3 Å². The van der Waals surface area contributed by atoms with Crippen molar-refractivity contribution < 1.29 is 4.79 Å². The molecule has 0 unspecified atom stereocenters. The molecular formula is C10H15NO. The van der Waals surface area contributed by atoms with Crippen molar-refractivity contribution in [2.75, 3.05) is 6.54 Å². The summed E-state index contributed by atoms with van der Waals surface area (Å²) in [6.07, 6.45) is 9.63. The Hall–Kier alpha value is -1.23. The molecule has 0 heterocycles. The highest BCUT2D eigenvalue weighted by atomic mass is 16.1. The van der Waals surface area contributed by atoms with E-state index in [1.807, 2.05) is 0 Å². The van der Waals surface area contributed by atoms with Crippen LogP contribution in [0.15, 0.2) is 12.7 Å². The fourth-order valence-electron chi connectivity index (χ4n) is 0.740. The largest absolute Gasteiger partial charge is 0.356 e. The van der Waals surface area contributed by atoms with Gasteiger partial charge in [0.2, 0.25) is 5.91 Å². The van der Waals surface area contributed by atoms with Crippen LogP contribution in [0, 0.1) is 12.3 Å². The molecule has 0 saturated heterocycles. The van der Waals surface area contributed by atoms with Crippen LogP contribution in [0.4, 0.5) is 0 Å². The van der Waals surface area contributed by atoms with Gasteiger partial charge < -0.3 is 5.32 Å². The van der Waals surface area contributed by atoms with Crippen LogP contribution in [0.3, 0.4) is 0 Å². The molecule has 0 fully saturated rings. The summed E-state index contributed by atoms with van der Waals surface area (Å²) in [6.45, 7) is 4.22. The smallest absolute Gasteiger partial charge is 0.220 e. The third kappa shape index (κ3) is 6.88. The van der Waals surface area contributed by atoms with Gasteiger partial charge in [0.15, 0.2) is 0 Å². The van der Waals surface area contributed by atoms with Gasteiger partial charge in [0.05, 0.1) is 0 Å². The molecule has 0 bridgehead atoms. The highest BCUT2D eigenvalue weighted by molar-refractivity contribution is 5.75. The van der Waals surface area contributed by atoms with Crippen molar-refractivity contribution in [1.82, 2.24) is 5.32 Å². The Balaban J connectivity index is 3.20. The van der Waals surface area contributed by atoms with E-state index in [1.165, 1.54) is 0 Å². The maximum Gasteiger partial charge on any atom is 0.220 e. The first kappa shape index (κ1) is 10.8. The van der Waals surface area contributed by atoms with Crippen LogP contribution < -0.4 is 5.32 Å². The van der Waals surface area contributed by atoms with Gasteiger partial charge in [-0.25, -0.2) is 0 Å². The maximum atomic E-state index is 11.0. The third-order valence-electron chi connectivity index (χ3n) is 1.40. The van der Waals surface area contributed by atoms with Gasteiger partial charge in [-0.3, -0.25) is 4.79 Å². The number of unbranched alkanes of at least 4 members (excludes halogenated alkanes) is 1. The van der Waals surface area contributed by atoms with Crippen molar-refractivity contribution in [2.24, 2.45) is 0 Å². The van der Waals surface area contributed by atoms with Gasteiger partial charge in [-0.1, -0.05) is 6.08 Å². The van der Waals surface area contributed by atoms with Gasteiger partial charge in [-0.2, -0.15) is 0 Å². The monoisotopic (exact) mass is 165 g/mol. The Morgan fingerprint density at radius 2 is 2.42 bits per heavy atom. The zero-order valence-electron chi connectivity index (χ0n) is 7.31. The minimum absolute atomic E-state index is 0.0759. The molecule has 1 N–H and O–H groups in total. The molecule has 2 nitrogen and oxygen atoms in total. The zero-order chi connectivity index (χ0) is 9.23. The summed E-state index contributed by atoms with van der Waals surface area (Å²) >= 11 is 0. The van der Waals surface area contributed by atoms with Crippen LogP contribution in [0.25, 0.3) is 0 Å². The van der Waals surface area contributed by atoms with E-state index >= 15 is 0 Å². The Labute approximate surface area is 74.0 Å². The number of allylic oxidation sites excluding steroid dienone is 1. The Morgan fingerprint density at radius 1 is 1.67 bits per heavy atom. The lowest BCUT2D eigenvalue weighted by atomic mass is 10.3. The number of terminal acetylenes is 1. The van der Waals surface area contributed by atoms with Crippen LogP contribution in [0.1, 0.15) is 25.7 Å². The Bertz CT molecular complexity index is 179. The van der Waals surface area contributed by atoms with Gasteiger partial charge in [0.25, 0.3) is 0 Å². The van der Waals surface area contributed by atoms with E-state index in [0.29, 0.717) is 13.0 Å². The van der Waals surface area contributed by atoms with Crippen LogP contribution in [0.5, 0.6) is 0 Å². The van der Waals surface area contributed by atoms with Gasteiger partial charge in [-0.15, -0.1) is 18.9 Å². The lowest BCUT2D eigenvalue weighted by Crippen LogP contribution is -2.23. The Kier molecular flexibility index (Phi) is 7.07. The average molecular weight is 165 g/mol. The number of rotatable bonds is 6. The highest BCUT2D eigenvalue weighted by Crippen LogP contribution is 1.89. The standard InChI is InChI=1S/C10H15NO/c1-3-5-7-9-11-10(12)8-6-4-2/h1,4H,2,5-9H2,(H,11,12). The SMILES string of the molecule is C#CCCCNC(=O)CCC=C. The number of hydrogen-bond acceptors (Lipinski definition) is 1. The minimum Gasteiger partial charge on any atom is -0.356 e. The van der Waals surface area contributed by atoms with E-state index < -0.39 is 0 Å². The van der Waals surface area contributed by atoms with Crippen molar-refractivity contribution in [1.29, 1.82) is 0 Å². The van der Waals surface area contributed by atoms with Gasteiger partial charge in [0.1, 0.15) is 0 Å². The molecule has 66 valence electrons. The molecule has 0 radical (unpaired) electrons. The van der Waals surface area contributed by atoms with Gasteiger partial charge in [0, 0.05) is 19.4 Å². The zero-order valence-corrected chi connectivity index (χ0v) is 7.31. The molecule has 0 aliphatic heterocycles. The summed E-state index contributed by atoms with van der Waals surface area (Å²) in [5.74, 6) is 2.59. The summed E-state index contributed by atoms with van der Waals surface area (Å²) in [5, 5.41) is 2.77. The molecule has 12 heavy (non-hydrogen) atoms. The molecule has 0 saturated carbocycles. The summed E-state index contributed by atoms with van der Waals surface area (Å²) in [5.41, 5.74) is 0. The van der Waals surface area contributed by atoms with Crippen molar-refractivity contribution in [2.45, 2.75) is 25.7 Å². The first-order valence-corrected chi connectivity index (χ1v) is 4.12.